The van der Waals surface area contributed by atoms with Crippen LogP contribution in [0.25, 0.3) is 0 Å². The molecule has 1 saturated carbocycles. The van der Waals surface area contributed by atoms with E-state index in [4.69, 9.17) is 9.47 Å². The Bertz CT molecular complexity index is 577. The fourth-order valence-corrected chi connectivity index (χ4v) is 3.81. The minimum atomic E-state index is -2.41. The third-order valence-electron chi connectivity index (χ3n) is 4.84. The molecule has 21 heavy (non-hydrogen) atoms. The van der Waals surface area contributed by atoms with Crippen molar-refractivity contribution in [3.05, 3.63) is 29.8 Å². The van der Waals surface area contributed by atoms with Crippen molar-refractivity contribution < 1.29 is 23.0 Å². The smallest absolute Gasteiger partial charge is 0.242 e. The van der Waals surface area contributed by atoms with Gasteiger partial charge < -0.3 is 14.4 Å². The van der Waals surface area contributed by atoms with E-state index in [1.165, 1.54) is 0 Å². The summed E-state index contributed by atoms with van der Waals surface area (Å²) in [4.78, 5) is 14.0. The van der Waals surface area contributed by atoms with Gasteiger partial charge in [0.2, 0.25) is 12.3 Å². The molecule has 1 aromatic rings. The van der Waals surface area contributed by atoms with Gasteiger partial charge in [-0.1, -0.05) is 12.1 Å². The van der Waals surface area contributed by atoms with Crippen LogP contribution >= 0.6 is 0 Å². The van der Waals surface area contributed by atoms with Gasteiger partial charge in [-0.25, -0.2) is 8.78 Å². The Morgan fingerprint density at radius 3 is 2.67 bits per heavy atom. The molecule has 0 spiro atoms. The van der Waals surface area contributed by atoms with Crippen molar-refractivity contribution in [3.8, 4) is 5.75 Å². The van der Waals surface area contributed by atoms with Crippen molar-refractivity contribution in [1.82, 2.24) is 4.90 Å². The highest BCUT2D eigenvalue weighted by Crippen LogP contribution is 2.62. The van der Waals surface area contributed by atoms with Gasteiger partial charge in [0.15, 0.2) is 6.23 Å². The summed E-state index contributed by atoms with van der Waals surface area (Å²) in [7, 11) is 1.58. The number of amides is 1. The van der Waals surface area contributed by atoms with E-state index in [2.05, 4.69) is 0 Å². The van der Waals surface area contributed by atoms with E-state index in [1.807, 2.05) is 12.1 Å². The molecule has 4 nitrogen and oxygen atoms in total. The van der Waals surface area contributed by atoms with E-state index in [0.717, 1.165) is 11.3 Å². The zero-order valence-electron chi connectivity index (χ0n) is 11.4. The van der Waals surface area contributed by atoms with Crippen LogP contribution in [0.15, 0.2) is 24.3 Å². The number of carbonyl (C=O) groups excluding carboxylic acids is 1. The van der Waals surface area contributed by atoms with Crippen molar-refractivity contribution in [2.75, 3.05) is 13.7 Å². The van der Waals surface area contributed by atoms with Gasteiger partial charge in [0, 0.05) is 17.4 Å². The number of nitrogens with zero attached hydrogens (tertiary/aromatic N) is 1. The van der Waals surface area contributed by atoms with Gasteiger partial charge in [-0.2, -0.15) is 0 Å². The van der Waals surface area contributed by atoms with E-state index in [0.29, 0.717) is 6.61 Å². The number of rotatable bonds is 3. The number of alkyl halides is 2. The Balaban J connectivity index is 1.57. The highest BCUT2D eigenvalue weighted by Gasteiger charge is 2.72. The van der Waals surface area contributed by atoms with Gasteiger partial charge in [0.25, 0.3) is 0 Å². The van der Waals surface area contributed by atoms with Gasteiger partial charge in [0.1, 0.15) is 5.75 Å². The molecule has 0 radical (unpaired) electrons. The Hall–Kier alpha value is -1.69. The second kappa shape index (κ2) is 4.40. The first-order chi connectivity index (χ1) is 10.1. The van der Waals surface area contributed by atoms with Gasteiger partial charge in [0.05, 0.1) is 25.7 Å². The number of methoxy groups -OCH3 is 1. The normalized spacial score (nSPS) is 36.9. The maximum Gasteiger partial charge on any atom is 0.242 e. The van der Waals surface area contributed by atoms with E-state index >= 15 is 0 Å². The predicted molar refractivity (Wildman–Crippen MR) is 68.8 cm³/mol. The first-order valence-corrected chi connectivity index (χ1v) is 6.99. The molecular formula is C15H15F2NO3. The fourth-order valence-electron chi connectivity index (χ4n) is 3.81. The SMILES string of the molecule is COc1ccc([C@H]2OC[C@@H]3[C@@H]4[C@H](C(=O)N23)[C@H]4C(F)F)cc1. The third-order valence-corrected chi connectivity index (χ3v) is 4.84. The average Bonchev–Trinajstić information content (AvgIpc) is 2.98. The number of hydrogen-bond donors (Lipinski definition) is 0. The summed E-state index contributed by atoms with van der Waals surface area (Å²) in [6, 6.07) is 7.08. The number of piperidine rings is 1. The molecule has 3 aliphatic rings. The van der Waals surface area contributed by atoms with Gasteiger partial charge in [-0.3, -0.25) is 4.79 Å². The van der Waals surface area contributed by atoms with E-state index in [9.17, 15) is 13.6 Å². The van der Waals surface area contributed by atoms with Crippen LogP contribution in [-0.2, 0) is 9.53 Å². The summed E-state index contributed by atoms with van der Waals surface area (Å²) >= 11 is 0. The lowest BCUT2D eigenvalue weighted by Crippen LogP contribution is -2.37. The molecule has 6 heteroatoms. The van der Waals surface area contributed by atoms with Gasteiger partial charge >= 0.3 is 0 Å². The van der Waals surface area contributed by atoms with Crippen molar-refractivity contribution in [2.24, 2.45) is 17.8 Å². The monoisotopic (exact) mass is 295 g/mol. The molecular weight excluding hydrogens is 280 g/mol. The minimum Gasteiger partial charge on any atom is -0.497 e. The van der Waals surface area contributed by atoms with E-state index in [1.54, 1.807) is 24.1 Å². The van der Waals surface area contributed by atoms with E-state index in [-0.39, 0.29) is 17.9 Å². The van der Waals surface area contributed by atoms with Crippen molar-refractivity contribution in [1.29, 1.82) is 0 Å². The number of carbonyl (C=O) groups is 1. The van der Waals surface area contributed by atoms with Crippen LogP contribution in [0.2, 0.25) is 0 Å². The standard InChI is InChI=1S/C15H15F2NO3/c1-20-8-4-2-7(3-5-8)15-18-9(6-21-15)10-11(13(16)17)12(10)14(18)19/h2-5,9-13,15H,6H2,1H3/t9-,10+,11+,12+,15-/m1/s1. The summed E-state index contributed by atoms with van der Waals surface area (Å²) in [6.07, 6.45) is -2.87. The summed E-state index contributed by atoms with van der Waals surface area (Å²) in [5.74, 6) is -0.965. The molecule has 112 valence electrons. The largest absolute Gasteiger partial charge is 0.497 e. The molecule has 2 saturated heterocycles. The van der Waals surface area contributed by atoms with Crippen LogP contribution in [0.5, 0.6) is 5.75 Å². The molecule has 0 aromatic heterocycles. The number of ether oxygens (including phenoxy) is 2. The average molecular weight is 295 g/mol. The summed E-state index contributed by atoms with van der Waals surface area (Å²) in [5, 5.41) is 0. The second-order valence-electron chi connectivity index (χ2n) is 5.79. The van der Waals surface area contributed by atoms with Crippen LogP contribution in [0.4, 0.5) is 8.78 Å². The Labute approximate surface area is 120 Å². The Kier molecular flexibility index (Phi) is 2.73. The molecule has 0 bridgehead atoms. The first kappa shape index (κ1) is 13.0. The highest BCUT2D eigenvalue weighted by atomic mass is 19.3. The van der Waals surface area contributed by atoms with Gasteiger partial charge in [-0.05, 0) is 12.1 Å². The lowest BCUT2D eigenvalue weighted by Gasteiger charge is -2.26. The first-order valence-electron chi connectivity index (χ1n) is 6.99. The van der Waals surface area contributed by atoms with Crippen LogP contribution in [0, 0.1) is 17.8 Å². The number of halogens is 2. The molecule has 2 aliphatic heterocycles. The quantitative estimate of drug-likeness (QED) is 0.857. The maximum absolute atomic E-state index is 12.8. The van der Waals surface area contributed by atoms with Crippen LogP contribution in [-0.4, -0.2) is 37.0 Å². The Morgan fingerprint density at radius 1 is 1.33 bits per heavy atom. The molecule has 3 fully saturated rings. The lowest BCUT2D eigenvalue weighted by molar-refractivity contribution is -0.138. The zero-order chi connectivity index (χ0) is 14.7. The number of benzene rings is 1. The second-order valence-corrected chi connectivity index (χ2v) is 5.79. The molecule has 4 rings (SSSR count). The molecule has 0 N–H and O–H groups in total. The number of hydrogen-bond acceptors (Lipinski definition) is 3. The maximum atomic E-state index is 12.8. The minimum absolute atomic E-state index is 0.186. The molecule has 5 atom stereocenters. The van der Waals surface area contributed by atoms with Crippen molar-refractivity contribution in [3.63, 3.8) is 0 Å². The van der Waals surface area contributed by atoms with Crippen LogP contribution in [0.1, 0.15) is 11.8 Å². The molecule has 2 heterocycles. The fraction of sp³-hybridized carbons (Fsp3) is 0.533. The summed E-state index contributed by atoms with van der Waals surface area (Å²) in [5.41, 5.74) is 0.849. The zero-order valence-corrected chi connectivity index (χ0v) is 11.4. The lowest BCUT2D eigenvalue weighted by atomic mass is 10.1. The van der Waals surface area contributed by atoms with Gasteiger partial charge in [-0.15, -0.1) is 0 Å². The third kappa shape index (κ3) is 1.71. The topological polar surface area (TPSA) is 38.8 Å². The predicted octanol–water partition coefficient (Wildman–Crippen LogP) is 2.06. The molecule has 1 amide bonds. The Morgan fingerprint density at radius 2 is 2.05 bits per heavy atom. The van der Waals surface area contributed by atoms with Crippen LogP contribution in [0.3, 0.4) is 0 Å². The molecule has 0 unspecified atom stereocenters. The molecule has 1 aliphatic carbocycles. The van der Waals surface area contributed by atoms with Crippen molar-refractivity contribution in [2.45, 2.75) is 18.7 Å². The summed E-state index contributed by atoms with van der Waals surface area (Å²) in [6.45, 7) is 0.340. The van der Waals surface area contributed by atoms with Crippen LogP contribution < -0.4 is 4.74 Å². The van der Waals surface area contributed by atoms with E-state index < -0.39 is 24.5 Å². The van der Waals surface area contributed by atoms with Crippen molar-refractivity contribution >= 4 is 5.91 Å². The summed E-state index contributed by atoms with van der Waals surface area (Å²) < 4.78 is 36.5. The molecule has 1 aromatic carbocycles. The number of fused-ring (bicyclic) bond motifs is 3. The highest BCUT2D eigenvalue weighted by molar-refractivity contribution is 5.87.